The van der Waals surface area contributed by atoms with Crippen molar-refractivity contribution < 1.29 is 9.47 Å². The molecule has 1 N–H and O–H groups in total. The zero-order valence-electron chi connectivity index (χ0n) is 13.6. The highest BCUT2D eigenvalue weighted by Gasteiger charge is 2.11. The lowest BCUT2D eigenvalue weighted by Gasteiger charge is -2.15. The van der Waals surface area contributed by atoms with E-state index in [1.165, 1.54) is 5.57 Å². The number of methoxy groups -OCH3 is 1. The van der Waals surface area contributed by atoms with E-state index in [4.69, 9.17) is 9.47 Å². The third-order valence-corrected chi connectivity index (χ3v) is 3.90. The monoisotopic (exact) mass is 355 g/mol. The van der Waals surface area contributed by atoms with Crippen LogP contribution in [0.15, 0.2) is 22.2 Å². The summed E-state index contributed by atoms with van der Waals surface area (Å²) in [5, 5.41) is 3.49. The standard InChI is InChI=1S/C17H26BrNO2/c1-6-8-19-13(4)12(3)9-14-10-15(18)17(20-5)16(11-14)21-7-2/h9-11,13,19H,6-8H2,1-5H3/b12-9+. The minimum atomic E-state index is 0.362. The molecule has 0 radical (unpaired) electrons. The molecule has 0 aromatic heterocycles. The summed E-state index contributed by atoms with van der Waals surface area (Å²) in [7, 11) is 1.65. The Bertz CT molecular complexity index is 486. The van der Waals surface area contributed by atoms with Gasteiger partial charge in [-0.3, -0.25) is 0 Å². The minimum Gasteiger partial charge on any atom is -0.492 e. The molecule has 0 aliphatic carbocycles. The first-order valence-corrected chi connectivity index (χ1v) is 8.24. The highest BCUT2D eigenvalue weighted by atomic mass is 79.9. The van der Waals surface area contributed by atoms with E-state index in [2.05, 4.69) is 54.2 Å². The lowest BCUT2D eigenvalue weighted by Crippen LogP contribution is -2.27. The fourth-order valence-electron chi connectivity index (χ4n) is 2.04. The Morgan fingerprint density at radius 3 is 2.67 bits per heavy atom. The molecule has 1 unspecified atom stereocenters. The summed E-state index contributed by atoms with van der Waals surface area (Å²) in [5.74, 6) is 1.51. The zero-order chi connectivity index (χ0) is 15.8. The summed E-state index contributed by atoms with van der Waals surface area (Å²) in [6.45, 7) is 10.1. The molecular formula is C17H26BrNO2. The van der Waals surface area contributed by atoms with Gasteiger partial charge in [-0.25, -0.2) is 0 Å². The van der Waals surface area contributed by atoms with Crippen LogP contribution in [0, 0.1) is 0 Å². The van der Waals surface area contributed by atoms with Crippen LogP contribution in [0.4, 0.5) is 0 Å². The van der Waals surface area contributed by atoms with Crippen molar-refractivity contribution >= 4 is 22.0 Å². The molecule has 0 aliphatic rings. The van der Waals surface area contributed by atoms with Gasteiger partial charge in [-0.1, -0.05) is 18.6 Å². The second-order valence-electron chi connectivity index (χ2n) is 5.03. The molecule has 0 saturated heterocycles. The van der Waals surface area contributed by atoms with Crippen LogP contribution in [0.5, 0.6) is 11.5 Å². The molecule has 118 valence electrons. The fourth-order valence-corrected chi connectivity index (χ4v) is 2.66. The van der Waals surface area contributed by atoms with E-state index in [-0.39, 0.29) is 0 Å². The smallest absolute Gasteiger partial charge is 0.174 e. The van der Waals surface area contributed by atoms with Gasteiger partial charge in [0, 0.05) is 6.04 Å². The van der Waals surface area contributed by atoms with Crippen molar-refractivity contribution in [2.45, 2.75) is 40.2 Å². The maximum absolute atomic E-state index is 5.66. The van der Waals surface area contributed by atoms with Gasteiger partial charge in [0.15, 0.2) is 11.5 Å². The predicted molar refractivity (Wildman–Crippen MR) is 93.3 cm³/mol. The molecule has 1 rings (SSSR count). The maximum atomic E-state index is 5.66. The van der Waals surface area contributed by atoms with E-state index in [0.717, 1.165) is 34.5 Å². The van der Waals surface area contributed by atoms with Gasteiger partial charge in [0.25, 0.3) is 0 Å². The molecule has 0 spiro atoms. The van der Waals surface area contributed by atoms with Crippen LogP contribution >= 0.6 is 15.9 Å². The molecule has 0 saturated carbocycles. The summed E-state index contributed by atoms with van der Waals surface area (Å²) in [6, 6.07) is 4.43. The number of rotatable bonds is 8. The Hall–Kier alpha value is -1.00. The maximum Gasteiger partial charge on any atom is 0.174 e. The number of benzene rings is 1. The molecule has 1 aromatic carbocycles. The van der Waals surface area contributed by atoms with E-state index < -0.39 is 0 Å². The zero-order valence-corrected chi connectivity index (χ0v) is 15.2. The van der Waals surface area contributed by atoms with E-state index in [9.17, 15) is 0 Å². The molecule has 3 nitrogen and oxygen atoms in total. The molecular weight excluding hydrogens is 330 g/mol. The third kappa shape index (κ3) is 5.36. The van der Waals surface area contributed by atoms with Gasteiger partial charge in [0.2, 0.25) is 0 Å². The second kappa shape index (κ2) is 9.11. The Labute approximate surface area is 136 Å². The molecule has 0 heterocycles. The van der Waals surface area contributed by atoms with Crippen LogP contribution in [0.2, 0.25) is 0 Å². The van der Waals surface area contributed by atoms with Gasteiger partial charge in [-0.05, 0) is 67.4 Å². The van der Waals surface area contributed by atoms with E-state index in [0.29, 0.717) is 12.6 Å². The summed E-state index contributed by atoms with van der Waals surface area (Å²) >= 11 is 3.55. The van der Waals surface area contributed by atoms with Gasteiger partial charge in [-0.15, -0.1) is 0 Å². The van der Waals surface area contributed by atoms with Gasteiger partial charge >= 0.3 is 0 Å². The molecule has 0 bridgehead atoms. The van der Waals surface area contributed by atoms with Crippen molar-refractivity contribution in [3.8, 4) is 11.5 Å². The number of hydrogen-bond acceptors (Lipinski definition) is 3. The van der Waals surface area contributed by atoms with E-state index in [1.54, 1.807) is 7.11 Å². The Balaban J connectivity index is 3.02. The Morgan fingerprint density at radius 2 is 2.10 bits per heavy atom. The average Bonchev–Trinajstić information content (AvgIpc) is 2.44. The molecule has 4 heteroatoms. The number of halogens is 1. The molecule has 0 fully saturated rings. The molecule has 1 aromatic rings. The largest absolute Gasteiger partial charge is 0.492 e. The van der Waals surface area contributed by atoms with Crippen molar-refractivity contribution in [2.75, 3.05) is 20.3 Å². The van der Waals surface area contributed by atoms with Crippen LogP contribution in [0.3, 0.4) is 0 Å². The average molecular weight is 356 g/mol. The molecule has 1 atom stereocenters. The van der Waals surface area contributed by atoms with Crippen molar-refractivity contribution in [1.29, 1.82) is 0 Å². The number of hydrogen-bond donors (Lipinski definition) is 1. The van der Waals surface area contributed by atoms with Crippen molar-refractivity contribution in [3.05, 3.63) is 27.7 Å². The quantitative estimate of drug-likeness (QED) is 0.736. The van der Waals surface area contributed by atoms with Gasteiger partial charge in [0.1, 0.15) is 0 Å². The first-order valence-electron chi connectivity index (χ1n) is 7.45. The van der Waals surface area contributed by atoms with Crippen LogP contribution in [-0.4, -0.2) is 26.3 Å². The predicted octanol–water partition coefficient (Wildman–Crippen LogP) is 4.65. The Morgan fingerprint density at radius 1 is 1.38 bits per heavy atom. The Kier molecular flexibility index (Phi) is 7.83. The summed E-state index contributed by atoms with van der Waals surface area (Å²) < 4.78 is 11.9. The summed E-state index contributed by atoms with van der Waals surface area (Å²) in [5.41, 5.74) is 2.40. The lowest BCUT2D eigenvalue weighted by atomic mass is 10.1. The second-order valence-corrected chi connectivity index (χ2v) is 5.89. The van der Waals surface area contributed by atoms with Crippen molar-refractivity contribution in [1.82, 2.24) is 5.32 Å². The summed E-state index contributed by atoms with van der Waals surface area (Å²) in [4.78, 5) is 0. The highest BCUT2D eigenvalue weighted by Crippen LogP contribution is 2.37. The number of nitrogens with one attached hydrogen (secondary N) is 1. The first kappa shape index (κ1) is 18.1. The SMILES string of the molecule is CCCNC(C)/C(C)=C/c1cc(Br)c(OC)c(OCC)c1. The highest BCUT2D eigenvalue weighted by molar-refractivity contribution is 9.10. The first-order chi connectivity index (χ1) is 10.0. The third-order valence-electron chi connectivity index (χ3n) is 3.31. The van der Waals surface area contributed by atoms with E-state index in [1.807, 2.05) is 13.0 Å². The molecule has 0 amide bonds. The van der Waals surface area contributed by atoms with Gasteiger partial charge in [-0.2, -0.15) is 0 Å². The van der Waals surface area contributed by atoms with Crippen LogP contribution in [0.25, 0.3) is 6.08 Å². The fraction of sp³-hybridized carbons (Fsp3) is 0.529. The van der Waals surface area contributed by atoms with E-state index >= 15 is 0 Å². The summed E-state index contributed by atoms with van der Waals surface area (Å²) in [6.07, 6.45) is 3.32. The topological polar surface area (TPSA) is 30.5 Å². The van der Waals surface area contributed by atoms with Crippen LogP contribution in [0.1, 0.15) is 39.7 Å². The molecule has 21 heavy (non-hydrogen) atoms. The molecule has 0 aliphatic heterocycles. The van der Waals surface area contributed by atoms with Gasteiger partial charge in [0.05, 0.1) is 18.2 Å². The van der Waals surface area contributed by atoms with Crippen molar-refractivity contribution in [3.63, 3.8) is 0 Å². The number of ether oxygens (including phenoxy) is 2. The van der Waals surface area contributed by atoms with Crippen LogP contribution < -0.4 is 14.8 Å². The van der Waals surface area contributed by atoms with Crippen LogP contribution in [-0.2, 0) is 0 Å². The van der Waals surface area contributed by atoms with Crippen molar-refractivity contribution in [2.24, 2.45) is 0 Å². The minimum absolute atomic E-state index is 0.362. The van der Waals surface area contributed by atoms with Gasteiger partial charge < -0.3 is 14.8 Å². The normalized spacial score (nSPS) is 13.1. The lowest BCUT2D eigenvalue weighted by molar-refractivity contribution is 0.310.